The first-order valence-electron chi connectivity index (χ1n) is 16.3. The van der Waals surface area contributed by atoms with E-state index in [1.807, 2.05) is 97.1 Å². The zero-order chi connectivity index (χ0) is 36.2. The molecule has 7 nitrogen and oxygen atoms in total. The van der Waals surface area contributed by atoms with Gasteiger partial charge in [-0.1, -0.05) is 109 Å². The first-order chi connectivity index (χ1) is 25.3. The molecule has 0 bridgehead atoms. The molecule has 0 unspecified atom stereocenters. The van der Waals surface area contributed by atoms with Crippen molar-refractivity contribution in [2.45, 2.75) is 0 Å². The molecule has 0 aliphatic carbocycles. The lowest BCUT2D eigenvalue weighted by Crippen LogP contribution is -1.95. The van der Waals surface area contributed by atoms with Crippen LogP contribution < -0.4 is 4.74 Å². The molecule has 7 rings (SSSR count). The zero-order valence-electron chi connectivity index (χ0n) is 27.6. The summed E-state index contributed by atoms with van der Waals surface area (Å²) in [5.74, 6) is -1.37. The highest BCUT2D eigenvalue weighted by molar-refractivity contribution is 5.91. The number of aromatic hydroxyl groups is 1. The van der Waals surface area contributed by atoms with Crippen molar-refractivity contribution in [3.63, 3.8) is 0 Å². The fourth-order valence-corrected chi connectivity index (χ4v) is 6.17. The Morgan fingerprint density at radius 1 is 0.404 bits per heavy atom. The fraction of sp³-hybridized carbons (Fsp3) is 0. The van der Waals surface area contributed by atoms with Gasteiger partial charge in [0.15, 0.2) is 0 Å². The van der Waals surface area contributed by atoms with Crippen LogP contribution in [0.25, 0.3) is 66.8 Å². The third-order valence-corrected chi connectivity index (χ3v) is 9.02. The Morgan fingerprint density at radius 3 is 0.981 bits per heavy atom. The average Bonchev–Trinajstić information content (AvgIpc) is 3.19. The predicted molar refractivity (Wildman–Crippen MR) is 201 cm³/mol. The van der Waals surface area contributed by atoms with Gasteiger partial charge < -0.3 is 20.1 Å². The van der Waals surface area contributed by atoms with Crippen molar-refractivity contribution in [1.29, 1.82) is 0 Å². The second kappa shape index (κ2) is 14.3. The molecule has 7 aromatic carbocycles. The zero-order valence-corrected chi connectivity index (χ0v) is 27.6. The van der Waals surface area contributed by atoms with Crippen LogP contribution in [0, 0.1) is 0 Å². The van der Waals surface area contributed by atoms with Crippen LogP contribution in [0.1, 0.15) is 20.7 Å². The lowest BCUT2D eigenvalue weighted by molar-refractivity contribution is -0.120. The normalized spacial score (nSPS) is 10.8. The maximum atomic E-state index is 11.8. The molecule has 7 heteroatoms. The largest absolute Gasteiger partial charge is 0.507 e. The van der Waals surface area contributed by atoms with E-state index in [9.17, 15) is 29.7 Å². The highest BCUT2D eigenvalue weighted by Crippen LogP contribution is 2.43. The summed E-state index contributed by atoms with van der Waals surface area (Å²) in [6.45, 7) is 0.399. The average molecular weight is 683 g/mol. The van der Waals surface area contributed by atoms with Crippen molar-refractivity contribution < 1.29 is 34.4 Å². The Morgan fingerprint density at radius 2 is 0.673 bits per heavy atom. The summed E-state index contributed by atoms with van der Waals surface area (Å²) in [5.41, 5.74) is 10.7. The number of hydrogen-bond donors (Lipinski definition) is 3. The standard InChI is InChI=1S/C45H30O7/c46-27-52-40-23-21-33(22-24-40)28-1-3-34(4-2-28)39-25-41(35-13-5-29(6-14-35)31-9-17-37(18-10-31)44(48)49)43(47)42(26-39)36-15-7-30(8-16-36)32-11-19-38(20-12-32)45(50)51/h1-27,47H,(H,48,49)(H,50,51). The molecule has 7 aromatic rings. The SMILES string of the molecule is O=COc1ccc(-c2ccc(-c3cc(-c4ccc(-c5ccc(C(=O)O)cc5)cc4)c(O)c(-c4ccc(-c5ccc(C(=O)O)cc5)cc4)c3)cc2)cc1. The molecule has 0 aliphatic rings. The first-order valence-corrected chi connectivity index (χ1v) is 16.3. The summed E-state index contributed by atoms with van der Waals surface area (Å²) >= 11 is 0. The molecule has 0 saturated carbocycles. The van der Waals surface area contributed by atoms with E-state index in [1.165, 1.54) is 0 Å². The molecule has 0 radical (unpaired) electrons. The van der Waals surface area contributed by atoms with Gasteiger partial charge in [0.1, 0.15) is 11.5 Å². The summed E-state index contributed by atoms with van der Waals surface area (Å²) in [6.07, 6.45) is 0. The Kier molecular flexibility index (Phi) is 9.15. The van der Waals surface area contributed by atoms with Crippen molar-refractivity contribution >= 4 is 18.4 Å². The summed E-state index contributed by atoms with van der Waals surface area (Å²) in [4.78, 5) is 33.3. The number of benzene rings is 7. The van der Waals surface area contributed by atoms with E-state index in [2.05, 4.69) is 0 Å². The minimum Gasteiger partial charge on any atom is -0.507 e. The van der Waals surface area contributed by atoms with Gasteiger partial charge in [-0.25, -0.2) is 9.59 Å². The quantitative estimate of drug-likeness (QED) is 0.123. The van der Waals surface area contributed by atoms with Crippen molar-refractivity contribution in [2.75, 3.05) is 0 Å². The topological polar surface area (TPSA) is 121 Å². The highest BCUT2D eigenvalue weighted by Gasteiger charge is 2.16. The van der Waals surface area contributed by atoms with Gasteiger partial charge in [-0.15, -0.1) is 0 Å². The van der Waals surface area contributed by atoms with Gasteiger partial charge in [-0.05, 0) is 104 Å². The van der Waals surface area contributed by atoms with Crippen LogP contribution in [0.3, 0.4) is 0 Å². The van der Waals surface area contributed by atoms with Crippen molar-refractivity contribution in [1.82, 2.24) is 0 Å². The molecule has 252 valence electrons. The molecule has 0 saturated heterocycles. The van der Waals surface area contributed by atoms with E-state index in [4.69, 9.17) is 4.74 Å². The Hall–Kier alpha value is -7.25. The number of carbonyl (C=O) groups excluding carboxylic acids is 1. The maximum absolute atomic E-state index is 11.8. The third kappa shape index (κ3) is 6.92. The van der Waals surface area contributed by atoms with Gasteiger partial charge in [0, 0.05) is 11.1 Å². The molecule has 0 fully saturated rings. The van der Waals surface area contributed by atoms with E-state index >= 15 is 0 Å². The molecule has 0 atom stereocenters. The molecule has 0 heterocycles. The third-order valence-electron chi connectivity index (χ3n) is 9.02. The Balaban J connectivity index is 1.27. The van der Waals surface area contributed by atoms with Gasteiger partial charge in [0.2, 0.25) is 0 Å². The Labute approximate surface area is 299 Å². The van der Waals surface area contributed by atoms with E-state index in [0.29, 0.717) is 23.3 Å². The number of carboxylic acids is 2. The second-order valence-electron chi connectivity index (χ2n) is 12.2. The number of phenolic OH excluding ortho intramolecular Hbond substituents is 1. The van der Waals surface area contributed by atoms with E-state index in [0.717, 1.165) is 55.6 Å². The predicted octanol–water partition coefficient (Wildman–Crippen LogP) is 10.3. The van der Waals surface area contributed by atoms with Crippen LogP contribution in [0.4, 0.5) is 0 Å². The summed E-state index contributed by atoms with van der Waals surface area (Å²) < 4.78 is 4.92. The number of carbonyl (C=O) groups is 3. The fourth-order valence-electron chi connectivity index (χ4n) is 6.17. The van der Waals surface area contributed by atoms with E-state index in [-0.39, 0.29) is 16.9 Å². The summed E-state index contributed by atoms with van der Waals surface area (Å²) in [7, 11) is 0. The van der Waals surface area contributed by atoms with Gasteiger partial charge in [-0.2, -0.15) is 0 Å². The lowest BCUT2D eigenvalue weighted by atomic mass is 9.90. The molecular weight excluding hydrogens is 652 g/mol. The molecule has 3 N–H and O–H groups in total. The van der Waals surface area contributed by atoms with E-state index in [1.54, 1.807) is 60.7 Å². The number of rotatable bonds is 10. The lowest BCUT2D eigenvalue weighted by Gasteiger charge is -2.16. The minimum absolute atomic E-state index is 0.120. The molecule has 0 spiro atoms. The number of carboxylic acid groups (broad SMARTS) is 2. The molecule has 52 heavy (non-hydrogen) atoms. The molecule has 0 aromatic heterocycles. The van der Waals surface area contributed by atoms with Crippen LogP contribution in [0.15, 0.2) is 158 Å². The monoisotopic (exact) mass is 682 g/mol. The Bertz CT molecular complexity index is 2270. The second-order valence-corrected chi connectivity index (χ2v) is 12.2. The van der Waals surface area contributed by atoms with Crippen LogP contribution >= 0.6 is 0 Å². The number of aromatic carboxylic acids is 2. The van der Waals surface area contributed by atoms with Crippen molar-refractivity contribution in [3.8, 4) is 78.3 Å². The number of ether oxygens (including phenoxy) is 1. The first kappa shape index (κ1) is 33.3. The van der Waals surface area contributed by atoms with Gasteiger partial charge >= 0.3 is 11.9 Å². The summed E-state index contributed by atoms with van der Waals surface area (Å²) in [6, 6.07) is 48.2. The number of hydrogen-bond acceptors (Lipinski definition) is 5. The van der Waals surface area contributed by atoms with Gasteiger partial charge in [-0.3, -0.25) is 4.79 Å². The highest BCUT2D eigenvalue weighted by atomic mass is 16.5. The van der Waals surface area contributed by atoms with Crippen LogP contribution in [-0.4, -0.2) is 33.7 Å². The van der Waals surface area contributed by atoms with E-state index < -0.39 is 11.9 Å². The van der Waals surface area contributed by atoms with Crippen LogP contribution in [0.2, 0.25) is 0 Å². The molecule has 0 amide bonds. The smallest absolute Gasteiger partial charge is 0.335 e. The summed E-state index contributed by atoms with van der Waals surface area (Å²) in [5, 5.41) is 30.4. The van der Waals surface area contributed by atoms with Gasteiger partial charge in [0.05, 0.1) is 11.1 Å². The van der Waals surface area contributed by atoms with Crippen LogP contribution in [0.5, 0.6) is 11.5 Å². The molecule has 0 aliphatic heterocycles. The number of phenols is 1. The van der Waals surface area contributed by atoms with Gasteiger partial charge in [0.25, 0.3) is 6.47 Å². The molecular formula is C45H30O7. The van der Waals surface area contributed by atoms with Crippen molar-refractivity contribution in [3.05, 3.63) is 169 Å². The van der Waals surface area contributed by atoms with Crippen molar-refractivity contribution in [2.24, 2.45) is 0 Å². The minimum atomic E-state index is -0.980. The maximum Gasteiger partial charge on any atom is 0.335 e. The van der Waals surface area contributed by atoms with Crippen LogP contribution in [-0.2, 0) is 4.79 Å².